The first-order valence-corrected chi connectivity index (χ1v) is 4.55. The molecule has 0 aliphatic rings. The number of halogens is 3. The zero-order chi connectivity index (χ0) is 12.2. The van der Waals surface area contributed by atoms with Crippen molar-refractivity contribution in [2.24, 2.45) is 0 Å². The fraction of sp³-hybridized carbons (Fsp3) is 0.273. The fourth-order valence-electron chi connectivity index (χ4n) is 1.08. The van der Waals surface area contributed by atoms with Crippen molar-refractivity contribution in [1.82, 2.24) is 5.32 Å². The van der Waals surface area contributed by atoms with Gasteiger partial charge in [0.2, 0.25) is 0 Å². The Bertz CT molecular complexity index is 427. The standard InChI is InChI=1S/C11H11F3N2/c1-16-6-2-3-8-4-5-9(7-10(8)15)11(12,13)14/h4-5,7,16H,6,15H2,1H3. The summed E-state index contributed by atoms with van der Waals surface area (Å²) in [4.78, 5) is 0. The lowest BCUT2D eigenvalue weighted by Crippen LogP contribution is -2.06. The third kappa shape index (κ3) is 3.17. The molecule has 0 saturated carbocycles. The van der Waals surface area contributed by atoms with Gasteiger partial charge in [-0.25, -0.2) is 0 Å². The van der Waals surface area contributed by atoms with Crippen LogP contribution in [0.2, 0.25) is 0 Å². The predicted molar refractivity (Wildman–Crippen MR) is 56.7 cm³/mol. The topological polar surface area (TPSA) is 38.0 Å². The minimum Gasteiger partial charge on any atom is -0.398 e. The molecule has 0 amide bonds. The zero-order valence-corrected chi connectivity index (χ0v) is 8.65. The van der Waals surface area contributed by atoms with Gasteiger partial charge < -0.3 is 11.1 Å². The highest BCUT2D eigenvalue weighted by Gasteiger charge is 2.30. The minimum absolute atomic E-state index is 0.0402. The second-order valence-corrected chi connectivity index (χ2v) is 3.13. The Kier molecular flexibility index (Phi) is 3.80. The van der Waals surface area contributed by atoms with E-state index < -0.39 is 11.7 Å². The van der Waals surface area contributed by atoms with Gasteiger partial charge in [0.05, 0.1) is 12.1 Å². The van der Waals surface area contributed by atoms with Crippen molar-refractivity contribution in [1.29, 1.82) is 0 Å². The number of benzene rings is 1. The third-order valence-corrected chi connectivity index (χ3v) is 1.87. The number of nitrogens with two attached hydrogens (primary N) is 1. The van der Waals surface area contributed by atoms with Gasteiger partial charge in [-0.3, -0.25) is 0 Å². The number of alkyl halides is 3. The molecular weight excluding hydrogens is 217 g/mol. The second kappa shape index (κ2) is 4.90. The molecule has 3 N–H and O–H groups in total. The first-order valence-electron chi connectivity index (χ1n) is 4.55. The molecule has 0 aliphatic carbocycles. The lowest BCUT2D eigenvalue weighted by atomic mass is 10.1. The summed E-state index contributed by atoms with van der Waals surface area (Å²) in [5.74, 6) is 5.42. The van der Waals surface area contributed by atoms with E-state index in [1.165, 1.54) is 6.07 Å². The van der Waals surface area contributed by atoms with Gasteiger partial charge in [0.25, 0.3) is 0 Å². The van der Waals surface area contributed by atoms with Crippen LogP contribution in [-0.2, 0) is 6.18 Å². The van der Waals surface area contributed by atoms with Crippen molar-refractivity contribution < 1.29 is 13.2 Å². The molecule has 2 nitrogen and oxygen atoms in total. The van der Waals surface area contributed by atoms with Crippen LogP contribution in [0.5, 0.6) is 0 Å². The summed E-state index contributed by atoms with van der Waals surface area (Å²) < 4.78 is 36.9. The number of rotatable bonds is 1. The van der Waals surface area contributed by atoms with Crippen LogP contribution < -0.4 is 11.1 Å². The largest absolute Gasteiger partial charge is 0.416 e. The van der Waals surface area contributed by atoms with Crippen molar-refractivity contribution in [3.05, 3.63) is 29.3 Å². The average molecular weight is 228 g/mol. The molecule has 0 saturated heterocycles. The molecule has 86 valence electrons. The summed E-state index contributed by atoms with van der Waals surface area (Å²) in [5.41, 5.74) is 5.16. The average Bonchev–Trinajstić information content (AvgIpc) is 2.19. The first kappa shape index (κ1) is 12.4. The lowest BCUT2D eigenvalue weighted by Gasteiger charge is -2.07. The van der Waals surface area contributed by atoms with Gasteiger partial charge in [0, 0.05) is 11.3 Å². The molecule has 0 spiro atoms. The van der Waals surface area contributed by atoms with Crippen LogP contribution in [0.15, 0.2) is 18.2 Å². The number of anilines is 1. The monoisotopic (exact) mass is 228 g/mol. The summed E-state index contributed by atoms with van der Waals surface area (Å²) in [6, 6.07) is 3.14. The van der Waals surface area contributed by atoms with E-state index in [1.54, 1.807) is 7.05 Å². The summed E-state index contributed by atoms with van der Waals surface area (Å²) in [5, 5.41) is 2.80. The van der Waals surface area contributed by atoms with Gasteiger partial charge >= 0.3 is 6.18 Å². The van der Waals surface area contributed by atoms with Crippen molar-refractivity contribution in [2.45, 2.75) is 6.18 Å². The van der Waals surface area contributed by atoms with Crippen molar-refractivity contribution in [2.75, 3.05) is 19.3 Å². The van der Waals surface area contributed by atoms with Crippen LogP contribution in [0.25, 0.3) is 0 Å². The molecule has 0 radical (unpaired) electrons. The maximum absolute atomic E-state index is 12.3. The first-order chi connectivity index (χ1) is 7.45. The van der Waals surface area contributed by atoms with Crippen molar-refractivity contribution in [3.8, 4) is 11.8 Å². The highest BCUT2D eigenvalue weighted by Crippen LogP contribution is 2.31. The summed E-state index contributed by atoms with van der Waals surface area (Å²) in [7, 11) is 1.73. The van der Waals surface area contributed by atoms with Crippen LogP contribution >= 0.6 is 0 Å². The fourth-order valence-corrected chi connectivity index (χ4v) is 1.08. The lowest BCUT2D eigenvalue weighted by molar-refractivity contribution is -0.137. The third-order valence-electron chi connectivity index (χ3n) is 1.87. The Labute approximate surface area is 91.6 Å². The Morgan fingerprint density at radius 2 is 2.06 bits per heavy atom. The molecule has 0 bridgehead atoms. The molecule has 0 fully saturated rings. The summed E-state index contributed by atoms with van der Waals surface area (Å²) in [6.07, 6.45) is -4.37. The summed E-state index contributed by atoms with van der Waals surface area (Å²) in [6.45, 7) is 0.459. The predicted octanol–water partition coefficient (Wildman–Crippen LogP) is 1.86. The van der Waals surface area contributed by atoms with Gasteiger partial charge in [0.1, 0.15) is 0 Å². The number of nitrogen functional groups attached to an aromatic ring is 1. The van der Waals surface area contributed by atoms with Gasteiger partial charge in [-0.15, -0.1) is 0 Å². The van der Waals surface area contributed by atoms with E-state index in [0.717, 1.165) is 12.1 Å². The van der Waals surface area contributed by atoms with Crippen LogP contribution in [0.3, 0.4) is 0 Å². The zero-order valence-electron chi connectivity index (χ0n) is 8.65. The maximum Gasteiger partial charge on any atom is 0.416 e. The molecule has 1 aromatic carbocycles. The van der Waals surface area contributed by atoms with Gasteiger partial charge in [-0.05, 0) is 25.2 Å². The molecule has 1 aromatic rings. The maximum atomic E-state index is 12.3. The molecule has 16 heavy (non-hydrogen) atoms. The SMILES string of the molecule is CNCC#Cc1ccc(C(F)(F)F)cc1N. The molecule has 0 aromatic heterocycles. The smallest absolute Gasteiger partial charge is 0.398 e. The molecule has 0 unspecified atom stereocenters. The molecule has 1 rings (SSSR count). The van der Waals surface area contributed by atoms with E-state index in [4.69, 9.17) is 5.73 Å². The number of hydrogen-bond acceptors (Lipinski definition) is 2. The molecular formula is C11H11F3N2. The van der Waals surface area contributed by atoms with E-state index in [9.17, 15) is 13.2 Å². The van der Waals surface area contributed by atoms with Gasteiger partial charge in [-0.1, -0.05) is 11.8 Å². The van der Waals surface area contributed by atoms with Crippen molar-refractivity contribution in [3.63, 3.8) is 0 Å². The number of hydrogen-bond donors (Lipinski definition) is 2. The number of nitrogens with one attached hydrogen (secondary N) is 1. The molecule has 0 aliphatic heterocycles. The van der Waals surface area contributed by atoms with Crippen LogP contribution in [0.4, 0.5) is 18.9 Å². The van der Waals surface area contributed by atoms with Gasteiger partial charge in [0.15, 0.2) is 0 Å². The molecule has 5 heteroatoms. The summed E-state index contributed by atoms with van der Waals surface area (Å²) >= 11 is 0. The molecule has 0 heterocycles. The van der Waals surface area contributed by atoms with Crippen LogP contribution in [0, 0.1) is 11.8 Å². The highest BCUT2D eigenvalue weighted by molar-refractivity contribution is 5.57. The van der Waals surface area contributed by atoms with Crippen LogP contribution in [0.1, 0.15) is 11.1 Å². The minimum atomic E-state index is -4.37. The van der Waals surface area contributed by atoms with E-state index in [0.29, 0.717) is 12.1 Å². The Hall–Kier alpha value is -1.67. The highest BCUT2D eigenvalue weighted by atomic mass is 19.4. The van der Waals surface area contributed by atoms with E-state index in [1.807, 2.05) is 0 Å². The normalized spacial score (nSPS) is 10.8. The Morgan fingerprint density at radius 1 is 1.38 bits per heavy atom. The van der Waals surface area contributed by atoms with E-state index in [-0.39, 0.29) is 5.69 Å². The van der Waals surface area contributed by atoms with Crippen LogP contribution in [-0.4, -0.2) is 13.6 Å². The Morgan fingerprint density at radius 3 is 2.56 bits per heavy atom. The Balaban J connectivity index is 2.98. The molecule has 0 atom stereocenters. The quantitative estimate of drug-likeness (QED) is 0.568. The van der Waals surface area contributed by atoms with Crippen molar-refractivity contribution >= 4 is 5.69 Å². The van der Waals surface area contributed by atoms with Gasteiger partial charge in [-0.2, -0.15) is 13.2 Å². The second-order valence-electron chi connectivity index (χ2n) is 3.13. The van der Waals surface area contributed by atoms with E-state index >= 15 is 0 Å². The van der Waals surface area contributed by atoms with E-state index in [2.05, 4.69) is 17.2 Å².